The Bertz CT molecular complexity index is 822. The molecule has 0 saturated heterocycles. The molecule has 0 aliphatic rings. The van der Waals surface area contributed by atoms with Crippen LogP contribution < -0.4 is 14.8 Å². The molecule has 2 aromatic carbocycles. The molecule has 0 fully saturated rings. The van der Waals surface area contributed by atoms with Crippen LogP contribution >= 0.6 is 11.6 Å². The normalized spacial score (nSPS) is 11.4. The largest absolute Gasteiger partial charge is 0.493 e. The lowest BCUT2D eigenvalue weighted by atomic mass is 10.2. The van der Waals surface area contributed by atoms with Crippen LogP contribution in [0, 0.1) is 6.92 Å². The number of hydrogen-bond donors (Lipinski definition) is 1. The third-order valence-corrected chi connectivity index (χ3v) is 3.96. The van der Waals surface area contributed by atoms with Crippen LogP contribution in [0.5, 0.6) is 11.5 Å². The van der Waals surface area contributed by atoms with Gasteiger partial charge < -0.3 is 19.5 Å². The number of halogens is 1. The molecule has 0 bridgehead atoms. The van der Waals surface area contributed by atoms with Crippen molar-refractivity contribution < 1.29 is 23.8 Å². The van der Waals surface area contributed by atoms with Gasteiger partial charge in [0.25, 0.3) is 5.91 Å². The van der Waals surface area contributed by atoms with Crippen molar-refractivity contribution in [1.82, 2.24) is 0 Å². The van der Waals surface area contributed by atoms with Crippen molar-refractivity contribution in [1.29, 1.82) is 0 Å². The molecule has 0 aliphatic heterocycles. The van der Waals surface area contributed by atoms with Gasteiger partial charge in [-0.15, -0.1) is 0 Å². The maximum atomic E-state index is 12.3. The van der Waals surface area contributed by atoms with Gasteiger partial charge >= 0.3 is 5.97 Å². The first-order valence-corrected chi connectivity index (χ1v) is 8.23. The van der Waals surface area contributed by atoms with E-state index in [0.717, 1.165) is 5.56 Å². The Morgan fingerprint density at radius 2 is 1.73 bits per heavy atom. The number of ether oxygens (including phenoxy) is 3. The van der Waals surface area contributed by atoms with E-state index in [4.69, 9.17) is 25.8 Å². The molecular weight excluding hydrogens is 358 g/mol. The summed E-state index contributed by atoms with van der Waals surface area (Å²) in [6.07, 6.45) is -0.992. The van der Waals surface area contributed by atoms with Crippen LogP contribution in [0.25, 0.3) is 0 Å². The molecule has 1 atom stereocenters. The first-order chi connectivity index (χ1) is 12.3. The fourth-order valence-corrected chi connectivity index (χ4v) is 2.38. The minimum atomic E-state index is -0.992. The average Bonchev–Trinajstić information content (AvgIpc) is 2.63. The second-order valence-electron chi connectivity index (χ2n) is 5.57. The van der Waals surface area contributed by atoms with E-state index in [2.05, 4.69) is 5.32 Å². The third-order valence-electron chi connectivity index (χ3n) is 3.73. The summed E-state index contributed by atoms with van der Waals surface area (Å²) < 4.78 is 15.5. The fourth-order valence-electron chi connectivity index (χ4n) is 2.21. The Labute approximate surface area is 157 Å². The van der Waals surface area contributed by atoms with Gasteiger partial charge in [0.15, 0.2) is 17.6 Å². The molecule has 0 saturated carbocycles. The summed E-state index contributed by atoms with van der Waals surface area (Å²) in [5, 5.41) is 3.20. The van der Waals surface area contributed by atoms with Crippen molar-refractivity contribution in [2.24, 2.45) is 0 Å². The number of amides is 1. The average molecular weight is 378 g/mol. The Balaban J connectivity index is 2.06. The fraction of sp³-hybridized carbons (Fsp3) is 0.263. The number of rotatable bonds is 6. The van der Waals surface area contributed by atoms with Crippen LogP contribution in [-0.2, 0) is 9.53 Å². The first kappa shape index (κ1) is 19.6. The van der Waals surface area contributed by atoms with Crippen LogP contribution in [0.4, 0.5) is 5.69 Å². The summed E-state index contributed by atoms with van der Waals surface area (Å²) in [5.41, 5.74) is 1.67. The lowest BCUT2D eigenvalue weighted by Gasteiger charge is -2.15. The Morgan fingerprint density at radius 3 is 2.38 bits per heavy atom. The van der Waals surface area contributed by atoms with E-state index in [9.17, 15) is 9.59 Å². The van der Waals surface area contributed by atoms with E-state index in [-0.39, 0.29) is 5.56 Å². The summed E-state index contributed by atoms with van der Waals surface area (Å²) in [5.74, 6) is -0.208. The van der Waals surface area contributed by atoms with Gasteiger partial charge in [-0.2, -0.15) is 0 Å². The highest BCUT2D eigenvalue weighted by molar-refractivity contribution is 6.31. The number of aryl methyl sites for hydroxylation is 1. The highest BCUT2D eigenvalue weighted by Crippen LogP contribution is 2.28. The van der Waals surface area contributed by atoms with Gasteiger partial charge in [0.05, 0.1) is 19.8 Å². The van der Waals surface area contributed by atoms with E-state index >= 15 is 0 Å². The van der Waals surface area contributed by atoms with Gasteiger partial charge in [0, 0.05) is 10.7 Å². The highest BCUT2D eigenvalue weighted by atomic mass is 35.5. The highest BCUT2D eigenvalue weighted by Gasteiger charge is 2.20. The summed E-state index contributed by atoms with van der Waals surface area (Å²) in [4.78, 5) is 24.6. The number of benzene rings is 2. The molecular formula is C19H20ClNO5. The predicted molar refractivity (Wildman–Crippen MR) is 99.2 cm³/mol. The zero-order valence-corrected chi connectivity index (χ0v) is 15.7. The Hall–Kier alpha value is -2.73. The lowest BCUT2D eigenvalue weighted by molar-refractivity contribution is -0.123. The Kier molecular flexibility index (Phi) is 6.46. The standard InChI is InChI=1S/C19H20ClNO5/c1-11-5-7-14(20)10-15(11)21-18(22)12(2)26-19(23)13-6-8-16(24-3)17(9-13)25-4/h5-10,12H,1-4H3,(H,21,22)/t12-/m1/s1. The van der Waals surface area contributed by atoms with Crippen molar-refractivity contribution in [3.8, 4) is 11.5 Å². The van der Waals surface area contributed by atoms with Gasteiger partial charge in [-0.1, -0.05) is 17.7 Å². The van der Waals surface area contributed by atoms with E-state index in [1.54, 1.807) is 24.3 Å². The molecule has 0 aromatic heterocycles. The molecule has 2 rings (SSSR count). The second-order valence-corrected chi connectivity index (χ2v) is 6.00. The van der Waals surface area contributed by atoms with Crippen LogP contribution in [-0.4, -0.2) is 32.2 Å². The number of esters is 1. The van der Waals surface area contributed by atoms with E-state index in [1.807, 2.05) is 6.92 Å². The molecule has 26 heavy (non-hydrogen) atoms. The molecule has 1 N–H and O–H groups in total. The van der Waals surface area contributed by atoms with Crippen LogP contribution in [0.2, 0.25) is 5.02 Å². The van der Waals surface area contributed by atoms with Crippen LogP contribution in [0.1, 0.15) is 22.8 Å². The summed E-state index contributed by atoms with van der Waals surface area (Å²) in [6.45, 7) is 3.33. The van der Waals surface area contributed by atoms with Gasteiger partial charge in [-0.05, 0) is 49.7 Å². The predicted octanol–water partition coefficient (Wildman–Crippen LogP) is 3.85. The van der Waals surface area contributed by atoms with E-state index in [1.165, 1.54) is 33.3 Å². The van der Waals surface area contributed by atoms with Gasteiger partial charge in [0.2, 0.25) is 0 Å². The SMILES string of the molecule is COc1ccc(C(=O)O[C@H](C)C(=O)Nc2cc(Cl)ccc2C)cc1OC. The molecule has 0 heterocycles. The number of hydrogen-bond acceptors (Lipinski definition) is 5. The number of anilines is 1. The zero-order valence-electron chi connectivity index (χ0n) is 15.0. The number of methoxy groups -OCH3 is 2. The molecule has 0 radical (unpaired) electrons. The monoisotopic (exact) mass is 377 g/mol. The van der Waals surface area contributed by atoms with Gasteiger partial charge in [-0.3, -0.25) is 4.79 Å². The van der Waals surface area contributed by atoms with Crippen molar-refractivity contribution in [2.75, 3.05) is 19.5 Å². The molecule has 0 aliphatic carbocycles. The number of nitrogens with one attached hydrogen (secondary N) is 1. The van der Waals surface area contributed by atoms with Crippen molar-refractivity contribution in [3.05, 3.63) is 52.5 Å². The molecule has 0 unspecified atom stereocenters. The molecule has 138 valence electrons. The lowest BCUT2D eigenvalue weighted by Crippen LogP contribution is -2.30. The summed E-state index contributed by atoms with van der Waals surface area (Å²) in [6, 6.07) is 9.78. The molecule has 6 nitrogen and oxygen atoms in total. The van der Waals surface area contributed by atoms with Gasteiger partial charge in [-0.25, -0.2) is 4.79 Å². The maximum absolute atomic E-state index is 12.3. The quantitative estimate of drug-likeness (QED) is 0.774. The third kappa shape index (κ3) is 4.67. The summed E-state index contributed by atoms with van der Waals surface area (Å²) in [7, 11) is 2.97. The van der Waals surface area contributed by atoms with Crippen LogP contribution in [0.3, 0.4) is 0 Å². The minimum Gasteiger partial charge on any atom is -0.493 e. The van der Waals surface area contributed by atoms with E-state index in [0.29, 0.717) is 22.2 Å². The molecule has 0 spiro atoms. The number of carbonyl (C=O) groups is 2. The molecule has 7 heteroatoms. The Morgan fingerprint density at radius 1 is 1.04 bits per heavy atom. The van der Waals surface area contributed by atoms with E-state index < -0.39 is 18.0 Å². The zero-order chi connectivity index (χ0) is 19.3. The van der Waals surface area contributed by atoms with Gasteiger partial charge in [0.1, 0.15) is 0 Å². The first-order valence-electron chi connectivity index (χ1n) is 7.85. The summed E-state index contributed by atoms with van der Waals surface area (Å²) >= 11 is 5.94. The molecule has 1 amide bonds. The van der Waals surface area contributed by atoms with Crippen molar-refractivity contribution >= 4 is 29.2 Å². The topological polar surface area (TPSA) is 73.9 Å². The molecule has 2 aromatic rings. The smallest absolute Gasteiger partial charge is 0.339 e. The number of carbonyl (C=O) groups excluding carboxylic acids is 2. The second kappa shape index (κ2) is 8.58. The van der Waals surface area contributed by atoms with Crippen molar-refractivity contribution in [2.45, 2.75) is 20.0 Å². The van der Waals surface area contributed by atoms with Crippen molar-refractivity contribution in [3.63, 3.8) is 0 Å². The maximum Gasteiger partial charge on any atom is 0.339 e. The van der Waals surface area contributed by atoms with Crippen LogP contribution in [0.15, 0.2) is 36.4 Å². The minimum absolute atomic E-state index is 0.251.